The lowest BCUT2D eigenvalue weighted by molar-refractivity contribution is -0.375. The summed E-state index contributed by atoms with van der Waals surface area (Å²) in [7, 11) is 0. The fourth-order valence-electron chi connectivity index (χ4n) is 16.3. The highest BCUT2D eigenvalue weighted by atomic mass is 16.8. The molecule has 5 aliphatic carbocycles. The molecule has 14 N–H and O–H groups in total. The van der Waals surface area contributed by atoms with Gasteiger partial charge in [0.1, 0.15) is 79.4 Å². The molecule has 4 saturated heterocycles. The van der Waals surface area contributed by atoms with Crippen molar-refractivity contribution < 1.29 is 114 Å². The van der Waals surface area contributed by atoms with Crippen molar-refractivity contribution in [1.29, 1.82) is 0 Å². The van der Waals surface area contributed by atoms with Gasteiger partial charge in [-0.1, -0.05) is 53.2 Å². The quantitative estimate of drug-likeness (QED) is 0.0581. The van der Waals surface area contributed by atoms with Gasteiger partial charge in [0.15, 0.2) is 25.0 Å². The van der Waals surface area contributed by atoms with Gasteiger partial charge < -0.3 is 109 Å². The molecule has 436 valence electrons. The molecule has 4 heterocycles. The third-order valence-electron chi connectivity index (χ3n) is 21.1. The Kier molecular flexibility index (Phi) is 16.5. The van der Waals surface area contributed by atoms with Crippen LogP contribution in [0.25, 0.3) is 0 Å². The lowest BCUT2D eigenvalue weighted by Crippen LogP contribution is -2.69. The van der Waals surface area contributed by atoms with E-state index < -0.39 is 170 Å². The SMILES string of the molecule is CC1OC(OC2C(OC(=O)C34CCC(C)(C)CC3C3=CCC5C6(C)CC(O)C(OC7OC(CO)C(O)C(O)C7O)C(C)(CO)C6CCC5(C)C3(C)CC4)OC(CO)C(O)C2O)C(O)C(O)C1OC1OCC(O)C(O)C1O. The molecule has 0 aromatic heterocycles. The van der Waals surface area contributed by atoms with Crippen molar-refractivity contribution in [2.24, 2.45) is 50.2 Å². The van der Waals surface area contributed by atoms with Crippen LogP contribution in [0.15, 0.2) is 11.6 Å². The first kappa shape index (κ1) is 59.0. The number of aliphatic hydroxyl groups is 14. The van der Waals surface area contributed by atoms with Crippen LogP contribution in [0.3, 0.4) is 0 Å². The van der Waals surface area contributed by atoms with E-state index in [-0.39, 0.29) is 48.2 Å². The smallest absolute Gasteiger partial charge is 0.315 e. The van der Waals surface area contributed by atoms with Crippen molar-refractivity contribution in [3.05, 3.63) is 11.6 Å². The van der Waals surface area contributed by atoms with E-state index in [1.54, 1.807) is 0 Å². The number of hydrogen-bond acceptors (Lipinski definition) is 23. The first-order chi connectivity index (χ1) is 35.6. The predicted molar refractivity (Wildman–Crippen MR) is 258 cm³/mol. The standard InChI is InChI=1S/C53H86O23/c1-22-40(73-43-37(65)31(59)26(58)20-69-43)36(64)39(67)44(70-22)74-41-35(63)33(61)28(19-55)72-46(41)76-47(68)53-14-12-48(2,3)16-24(53)23-8-9-30-49(4)17-25(57)42(75-45-38(66)34(62)32(60)27(18-54)71-45)50(5,21-56)29(49)10-11-52(30,7)51(23,6)13-15-53/h8,22,24-46,54-67H,9-21H2,1-7H3. The first-order valence-corrected chi connectivity index (χ1v) is 27.4. The van der Waals surface area contributed by atoms with E-state index in [1.807, 2.05) is 6.92 Å². The molecule has 23 nitrogen and oxygen atoms in total. The zero-order valence-electron chi connectivity index (χ0n) is 44.6. The first-order valence-electron chi connectivity index (χ1n) is 27.4. The predicted octanol–water partition coefficient (Wildman–Crippen LogP) is -2.43. The molecule has 9 rings (SSSR count). The normalized spacial score (nSPS) is 55.2. The van der Waals surface area contributed by atoms with E-state index in [0.717, 1.165) is 5.57 Å². The maximum Gasteiger partial charge on any atom is 0.315 e. The molecule has 76 heavy (non-hydrogen) atoms. The van der Waals surface area contributed by atoms with Crippen LogP contribution in [-0.2, 0) is 42.7 Å². The van der Waals surface area contributed by atoms with Crippen LogP contribution in [0, 0.1) is 50.2 Å². The Labute approximate surface area is 442 Å². The number of fused-ring (bicyclic) bond motifs is 7. The minimum Gasteiger partial charge on any atom is -0.432 e. The van der Waals surface area contributed by atoms with Crippen molar-refractivity contribution in [3.63, 3.8) is 0 Å². The molecular formula is C53H86O23. The van der Waals surface area contributed by atoms with Crippen LogP contribution in [0.1, 0.15) is 106 Å². The lowest BCUT2D eigenvalue weighted by Gasteiger charge is -2.72. The molecule has 4 saturated carbocycles. The van der Waals surface area contributed by atoms with Crippen LogP contribution in [0.2, 0.25) is 0 Å². The average Bonchev–Trinajstić information content (AvgIpc) is 3.55. The molecule has 0 spiro atoms. The van der Waals surface area contributed by atoms with E-state index in [2.05, 4.69) is 40.7 Å². The molecule has 8 fully saturated rings. The van der Waals surface area contributed by atoms with E-state index in [4.69, 9.17) is 37.9 Å². The second-order valence-corrected chi connectivity index (χ2v) is 25.8. The summed E-state index contributed by atoms with van der Waals surface area (Å²) in [5.41, 5.74) is -2.67. The number of rotatable bonds is 11. The highest BCUT2D eigenvalue weighted by Gasteiger charge is 2.72. The fourth-order valence-corrected chi connectivity index (χ4v) is 16.3. The second-order valence-electron chi connectivity index (χ2n) is 25.8. The summed E-state index contributed by atoms with van der Waals surface area (Å²) in [6.45, 7) is 12.2. The Morgan fingerprint density at radius 1 is 0.605 bits per heavy atom. The van der Waals surface area contributed by atoms with Gasteiger partial charge in [-0.15, -0.1) is 0 Å². The van der Waals surface area contributed by atoms with E-state index >= 15 is 4.79 Å². The number of allylic oxidation sites excluding steroid dienone is 2. The van der Waals surface area contributed by atoms with Gasteiger partial charge in [0, 0.05) is 5.41 Å². The molecule has 9 aliphatic rings. The molecule has 0 aromatic rings. The molecule has 29 unspecified atom stereocenters. The maximum atomic E-state index is 15.4. The minimum atomic E-state index is -1.91. The van der Waals surface area contributed by atoms with Crippen LogP contribution in [-0.4, -0.2) is 233 Å². The van der Waals surface area contributed by atoms with E-state index in [1.165, 1.54) is 6.92 Å². The zero-order valence-corrected chi connectivity index (χ0v) is 44.6. The Balaban J connectivity index is 0.963. The number of carbonyl (C=O) groups is 1. The zero-order chi connectivity index (χ0) is 55.6. The molecular weight excluding hydrogens is 1000 g/mol. The molecule has 29 atom stereocenters. The van der Waals surface area contributed by atoms with Crippen LogP contribution >= 0.6 is 0 Å². The van der Waals surface area contributed by atoms with Crippen molar-refractivity contribution in [3.8, 4) is 0 Å². The largest absolute Gasteiger partial charge is 0.432 e. The highest BCUT2D eigenvalue weighted by Crippen LogP contribution is 2.76. The molecule has 0 radical (unpaired) electrons. The van der Waals surface area contributed by atoms with Crippen LogP contribution < -0.4 is 0 Å². The third kappa shape index (κ3) is 9.37. The summed E-state index contributed by atoms with van der Waals surface area (Å²) in [5.74, 6) is -1.20. The summed E-state index contributed by atoms with van der Waals surface area (Å²) < 4.78 is 47.5. The number of aliphatic hydroxyl groups excluding tert-OH is 14. The van der Waals surface area contributed by atoms with Gasteiger partial charge in [0.2, 0.25) is 6.29 Å². The van der Waals surface area contributed by atoms with Crippen molar-refractivity contribution in [2.75, 3.05) is 26.4 Å². The highest BCUT2D eigenvalue weighted by molar-refractivity contribution is 5.79. The average molecular weight is 1090 g/mol. The molecule has 0 bridgehead atoms. The Bertz CT molecular complexity index is 2100. The summed E-state index contributed by atoms with van der Waals surface area (Å²) >= 11 is 0. The van der Waals surface area contributed by atoms with Gasteiger partial charge in [0.25, 0.3) is 0 Å². The van der Waals surface area contributed by atoms with Crippen molar-refractivity contribution in [1.82, 2.24) is 0 Å². The van der Waals surface area contributed by atoms with Gasteiger partial charge in [-0.25, -0.2) is 0 Å². The minimum absolute atomic E-state index is 0.0243. The molecule has 4 aliphatic heterocycles. The van der Waals surface area contributed by atoms with Crippen LogP contribution in [0.4, 0.5) is 0 Å². The molecule has 0 aromatic carbocycles. The topological polar surface area (TPSA) is 374 Å². The summed E-state index contributed by atoms with van der Waals surface area (Å²) in [5, 5.41) is 152. The number of esters is 1. The molecule has 23 heteroatoms. The summed E-state index contributed by atoms with van der Waals surface area (Å²) in [6, 6.07) is 0. The number of hydrogen-bond donors (Lipinski definition) is 14. The van der Waals surface area contributed by atoms with Gasteiger partial charge in [-0.2, -0.15) is 0 Å². The summed E-state index contributed by atoms with van der Waals surface area (Å²) in [4.78, 5) is 15.4. The monoisotopic (exact) mass is 1090 g/mol. The van der Waals surface area contributed by atoms with Crippen LogP contribution in [0.5, 0.6) is 0 Å². The van der Waals surface area contributed by atoms with E-state index in [0.29, 0.717) is 51.4 Å². The number of carbonyl (C=O) groups excluding carboxylic acids is 1. The van der Waals surface area contributed by atoms with Gasteiger partial charge in [0.05, 0.1) is 50.2 Å². The molecule has 0 amide bonds. The van der Waals surface area contributed by atoms with Crippen molar-refractivity contribution in [2.45, 2.75) is 235 Å². The number of ether oxygens (including phenoxy) is 8. The van der Waals surface area contributed by atoms with Crippen molar-refractivity contribution >= 4 is 5.97 Å². The second kappa shape index (κ2) is 21.3. The maximum absolute atomic E-state index is 15.4. The Morgan fingerprint density at radius 3 is 1.84 bits per heavy atom. The third-order valence-corrected chi connectivity index (χ3v) is 21.1. The van der Waals surface area contributed by atoms with Gasteiger partial charge in [-0.3, -0.25) is 4.79 Å². The Morgan fingerprint density at radius 2 is 1.18 bits per heavy atom. The van der Waals surface area contributed by atoms with Gasteiger partial charge in [-0.05, 0) is 104 Å². The summed E-state index contributed by atoms with van der Waals surface area (Å²) in [6.07, 6.45) is -25.5. The van der Waals surface area contributed by atoms with E-state index in [9.17, 15) is 71.5 Å². The Hall–Kier alpha value is -1.63. The fraction of sp³-hybridized carbons (Fsp3) is 0.943. The van der Waals surface area contributed by atoms with Gasteiger partial charge >= 0.3 is 5.97 Å². The lowest BCUT2D eigenvalue weighted by atomic mass is 9.33.